The van der Waals surface area contributed by atoms with E-state index in [0.717, 1.165) is 18.4 Å². The fourth-order valence-electron chi connectivity index (χ4n) is 2.25. The Hall–Kier alpha value is -1.68. The number of hydrogen-bond donors (Lipinski definition) is 1. The largest absolute Gasteiger partial charge is 0.478 e. The van der Waals surface area contributed by atoms with Crippen molar-refractivity contribution < 1.29 is 14.3 Å². The molecule has 102 valence electrons. The smallest absolute Gasteiger partial charge is 0.332 e. The van der Waals surface area contributed by atoms with Crippen LogP contribution in [0.4, 0.5) is 4.39 Å². The van der Waals surface area contributed by atoms with Crippen LogP contribution in [0.5, 0.6) is 0 Å². The first kappa shape index (κ1) is 13.7. The van der Waals surface area contributed by atoms with E-state index in [1.54, 1.807) is 6.07 Å². The molecule has 0 unspecified atom stereocenters. The molecule has 2 rings (SSSR count). The Morgan fingerprint density at radius 3 is 2.74 bits per heavy atom. The van der Waals surface area contributed by atoms with Crippen LogP contribution in [0.15, 0.2) is 36.4 Å². The summed E-state index contributed by atoms with van der Waals surface area (Å²) in [5.74, 6) is -1.23. The number of aliphatic carboxylic acids is 1. The van der Waals surface area contributed by atoms with Gasteiger partial charge in [0.1, 0.15) is 5.82 Å². The van der Waals surface area contributed by atoms with Gasteiger partial charge in [0.25, 0.3) is 0 Å². The zero-order valence-corrected chi connectivity index (χ0v) is 10.8. The summed E-state index contributed by atoms with van der Waals surface area (Å²) >= 11 is 0. The van der Waals surface area contributed by atoms with Gasteiger partial charge < -0.3 is 5.11 Å². The number of carboxylic acid groups (broad SMARTS) is 1. The number of hydrogen-bond acceptors (Lipinski definition) is 2. The van der Waals surface area contributed by atoms with Gasteiger partial charge in [-0.25, -0.2) is 9.18 Å². The van der Waals surface area contributed by atoms with Crippen molar-refractivity contribution in [1.82, 2.24) is 4.90 Å². The predicted octanol–water partition coefficient (Wildman–Crippen LogP) is 2.82. The van der Waals surface area contributed by atoms with Crippen LogP contribution in [0.1, 0.15) is 24.8 Å². The molecule has 19 heavy (non-hydrogen) atoms. The number of rotatable bonds is 6. The lowest BCUT2D eigenvalue weighted by Gasteiger charge is -2.37. The summed E-state index contributed by atoms with van der Waals surface area (Å²) in [5, 5.41) is 8.93. The summed E-state index contributed by atoms with van der Waals surface area (Å²) in [6, 6.07) is 6.83. The molecule has 4 heteroatoms. The number of nitrogens with zero attached hydrogens (tertiary/aromatic N) is 1. The third-order valence-electron chi connectivity index (χ3n) is 3.56. The Bertz CT molecular complexity index is 483. The van der Waals surface area contributed by atoms with Crippen LogP contribution in [-0.4, -0.2) is 28.6 Å². The van der Waals surface area contributed by atoms with Gasteiger partial charge in [0, 0.05) is 24.7 Å². The summed E-state index contributed by atoms with van der Waals surface area (Å²) < 4.78 is 13.2. The molecule has 1 aliphatic rings. The van der Waals surface area contributed by atoms with Crippen molar-refractivity contribution in [1.29, 1.82) is 0 Å². The molecule has 3 nitrogen and oxygen atoms in total. The lowest BCUT2D eigenvalue weighted by atomic mass is 9.90. The van der Waals surface area contributed by atoms with Gasteiger partial charge in [-0.15, -0.1) is 0 Å². The first-order valence-electron chi connectivity index (χ1n) is 6.46. The highest BCUT2D eigenvalue weighted by Crippen LogP contribution is 2.27. The molecule has 1 aromatic rings. The summed E-state index contributed by atoms with van der Waals surface area (Å²) in [7, 11) is 0. The molecule has 1 N–H and O–H groups in total. The van der Waals surface area contributed by atoms with Crippen molar-refractivity contribution in [2.24, 2.45) is 0 Å². The highest BCUT2D eigenvalue weighted by Gasteiger charge is 2.26. The molecule has 0 aromatic heterocycles. The highest BCUT2D eigenvalue weighted by atomic mass is 19.1. The SMILES string of the molecule is C=C(CN(Cc1cccc(F)c1)C1CCC1)C(=O)O. The summed E-state index contributed by atoms with van der Waals surface area (Å²) in [5.41, 5.74) is 1.05. The normalized spacial score (nSPS) is 15.3. The van der Waals surface area contributed by atoms with Crippen molar-refractivity contribution in [3.05, 3.63) is 47.8 Å². The monoisotopic (exact) mass is 263 g/mol. The Balaban J connectivity index is 2.05. The Kier molecular flexibility index (Phi) is 4.32. The molecular formula is C15H18FNO2. The highest BCUT2D eigenvalue weighted by molar-refractivity contribution is 5.86. The molecule has 0 saturated heterocycles. The molecule has 1 aliphatic carbocycles. The molecule has 0 amide bonds. The third-order valence-corrected chi connectivity index (χ3v) is 3.56. The zero-order chi connectivity index (χ0) is 13.8. The van der Waals surface area contributed by atoms with E-state index in [1.165, 1.54) is 18.6 Å². The molecule has 0 atom stereocenters. The van der Waals surface area contributed by atoms with Crippen LogP contribution in [0.3, 0.4) is 0 Å². The first-order valence-corrected chi connectivity index (χ1v) is 6.46. The third kappa shape index (κ3) is 3.64. The molecule has 0 spiro atoms. The number of halogens is 1. The Labute approximate surface area is 112 Å². The van der Waals surface area contributed by atoms with Crippen LogP contribution in [0, 0.1) is 5.82 Å². The summed E-state index contributed by atoms with van der Waals surface area (Å²) in [6.07, 6.45) is 3.31. The van der Waals surface area contributed by atoms with Gasteiger partial charge in [0.05, 0.1) is 0 Å². The van der Waals surface area contributed by atoms with Crippen LogP contribution < -0.4 is 0 Å². The second-order valence-corrected chi connectivity index (χ2v) is 5.03. The predicted molar refractivity (Wildman–Crippen MR) is 71.2 cm³/mol. The number of carbonyl (C=O) groups is 1. The molecule has 1 fully saturated rings. The van der Waals surface area contributed by atoms with Crippen LogP contribution >= 0.6 is 0 Å². The Morgan fingerprint density at radius 2 is 2.21 bits per heavy atom. The lowest BCUT2D eigenvalue weighted by molar-refractivity contribution is -0.133. The maximum atomic E-state index is 13.2. The van der Waals surface area contributed by atoms with Crippen molar-refractivity contribution in [2.45, 2.75) is 31.8 Å². The van der Waals surface area contributed by atoms with Crippen LogP contribution in [-0.2, 0) is 11.3 Å². The van der Waals surface area contributed by atoms with Crippen molar-refractivity contribution >= 4 is 5.97 Å². The first-order chi connectivity index (χ1) is 9.06. The van der Waals surface area contributed by atoms with Gasteiger partial charge in [-0.3, -0.25) is 4.90 Å². The molecular weight excluding hydrogens is 245 g/mol. The van der Waals surface area contributed by atoms with Gasteiger partial charge in [0.15, 0.2) is 0 Å². The maximum Gasteiger partial charge on any atom is 0.332 e. The lowest BCUT2D eigenvalue weighted by Crippen LogP contribution is -2.41. The Morgan fingerprint density at radius 1 is 1.47 bits per heavy atom. The van der Waals surface area contributed by atoms with Gasteiger partial charge in [-0.05, 0) is 30.5 Å². The minimum Gasteiger partial charge on any atom is -0.478 e. The quantitative estimate of drug-likeness (QED) is 0.802. The van der Waals surface area contributed by atoms with Gasteiger partial charge in [0.2, 0.25) is 0 Å². The minimum atomic E-state index is -0.969. The zero-order valence-electron chi connectivity index (χ0n) is 10.8. The summed E-state index contributed by atoms with van der Waals surface area (Å²) in [6.45, 7) is 4.47. The van der Waals surface area contributed by atoms with Gasteiger partial charge >= 0.3 is 5.97 Å². The van der Waals surface area contributed by atoms with E-state index in [9.17, 15) is 9.18 Å². The fourth-order valence-corrected chi connectivity index (χ4v) is 2.25. The van der Waals surface area contributed by atoms with E-state index >= 15 is 0 Å². The second-order valence-electron chi connectivity index (χ2n) is 5.03. The van der Waals surface area contributed by atoms with E-state index in [1.807, 2.05) is 6.07 Å². The standard InChI is InChI=1S/C15H18FNO2/c1-11(15(18)19)9-17(14-6-3-7-14)10-12-4-2-5-13(16)8-12/h2,4-5,8,14H,1,3,6-7,9-10H2,(H,18,19). The van der Waals surface area contributed by atoms with E-state index in [2.05, 4.69) is 11.5 Å². The average molecular weight is 263 g/mol. The maximum absolute atomic E-state index is 13.2. The van der Waals surface area contributed by atoms with E-state index in [4.69, 9.17) is 5.11 Å². The topological polar surface area (TPSA) is 40.5 Å². The fraction of sp³-hybridized carbons (Fsp3) is 0.400. The molecule has 0 heterocycles. The molecule has 0 radical (unpaired) electrons. The molecule has 0 bridgehead atoms. The second kappa shape index (κ2) is 5.97. The number of benzene rings is 1. The van der Waals surface area contributed by atoms with E-state index in [-0.39, 0.29) is 11.4 Å². The van der Waals surface area contributed by atoms with Crippen molar-refractivity contribution in [3.8, 4) is 0 Å². The van der Waals surface area contributed by atoms with Crippen LogP contribution in [0.25, 0.3) is 0 Å². The summed E-state index contributed by atoms with van der Waals surface area (Å²) in [4.78, 5) is 13.0. The van der Waals surface area contributed by atoms with Crippen molar-refractivity contribution in [3.63, 3.8) is 0 Å². The van der Waals surface area contributed by atoms with Crippen LogP contribution in [0.2, 0.25) is 0 Å². The number of carboxylic acids is 1. The van der Waals surface area contributed by atoms with E-state index < -0.39 is 5.97 Å². The minimum absolute atomic E-state index is 0.184. The molecule has 1 aromatic carbocycles. The van der Waals surface area contributed by atoms with Gasteiger partial charge in [-0.2, -0.15) is 0 Å². The van der Waals surface area contributed by atoms with E-state index in [0.29, 0.717) is 19.1 Å². The molecule has 0 aliphatic heterocycles. The van der Waals surface area contributed by atoms with Gasteiger partial charge in [-0.1, -0.05) is 25.1 Å². The average Bonchev–Trinajstić information content (AvgIpc) is 2.26. The van der Waals surface area contributed by atoms with Crippen molar-refractivity contribution in [2.75, 3.05) is 6.54 Å². The molecule has 1 saturated carbocycles.